The average molecular weight is 242 g/mol. The fraction of sp³-hybridized carbons (Fsp3) is 0.214. The first-order valence-corrected chi connectivity index (χ1v) is 6.66. The molecular formula is C14H10O2S. The fourth-order valence-corrected chi connectivity index (χ4v) is 3.99. The van der Waals surface area contributed by atoms with E-state index in [1.807, 2.05) is 36.4 Å². The summed E-state index contributed by atoms with van der Waals surface area (Å²) in [6.07, 6.45) is 0. The molecule has 2 aliphatic rings. The monoisotopic (exact) mass is 242 g/mol. The smallest absolute Gasteiger partial charge is 0.210 e. The topological polar surface area (TPSA) is 26.3 Å². The van der Waals surface area contributed by atoms with Gasteiger partial charge in [0.25, 0.3) is 0 Å². The van der Waals surface area contributed by atoms with Crippen molar-refractivity contribution >= 4 is 28.3 Å². The lowest BCUT2D eigenvalue weighted by atomic mass is 10.1. The number of fused-ring (bicyclic) bond motifs is 1. The van der Waals surface area contributed by atoms with Gasteiger partial charge >= 0.3 is 0 Å². The maximum Gasteiger partial charge on any atom is 0.210 e. The minimum absolute atomic E-state index is 0.117. The molecule has 2 nitrogen and oxygen atoms in total. The van der Waals surface area contributed by atoms with Crippen molar-refractivity contribution in [2.75, 3.05) is 12.4 Å². The molecule has 1 saturated heterocycles. The maximum absolute atomic E-state index is 12.6. The van der Waals surface area contributed by atoms with E-state index in [2.05, 4.69) is 0 Å². The standard InChI is InChI=1S/C14H10O2S/c15-13-10-5-1-3-9-4-2-6-11(12(9)10)14(13)16-7-8-17-14/h1-6H,7-8H2/t14-/m1/s1. The number of Topliss-reactive ketones (excluding diaryl/α,β-unsaturated/α-hetero) is 1. The van der Waals surface area contributed by atoms with Gasteiger partial charge in [0.15, 0.2) is 0 Å². The van der Waals surface area contributed by atoms with Crippen molar-refractivity contribution in [2.24, 2.45) is 0 Å². The van der Waals surface area contributed by atoms with Crippen LogP contribution in [-0.2, 0) is 9.67 Å². The average Bonchev–Trinajstić information content (AvgIpc) is 2.94. The molecule has 0 aromatic heterocycles. The Morgan fingerprint density at radius 2 is 2.00 bits per heavy atom. The number of hydrogen-bond acceptors (Lipinski definition) is 3. The molecule has 4 rings (SSSR count). The summed E-state index contributed by atoms with van der Waals surface area (Å²) in [5, 5.41) is 2.20. The van der Waals surface area contributed by atoms with E-state index >= 15 is 0 Å². The first-order valence-electron chi connectivity index (χ1n) is 5.68. The van der Waals surface area contributed by atoms with Gasteiger partial charge in [-0.15, -0.1) is 11.8 Å². The van der Waals surface area contributed by atoms with Crippen molar-refractivity contribution in [2.45, 2.75) is 4.93 Å². The molecule has 1 heterocycles. The molecule has 1 aliphatic heterocycles. The summed E-state index contributed by atoms with van der Waals surface area (Å²) in [5.74, 6) is 1.00. The second-order valence-corrected chi connectivity index (χ2v) is 5.62. The van der Waals surface area contributed by atoms with E-state index in [0.717, 1.165) is 27.7 Å². The molecule has 0 unspecified atom stereocenters. The number of carbonyl (C=O) groups excluding carboxylic acids is 1. The summed E-state index contributed by atoms with van der Waals surface area (Å²) in [6, 6.07) is 12.0. The molecule has 1 atom stereocenters. The first-order chi connectivity index (χ1) is 8.33. The van der Waals surface area contributed by atoms with E-state index in [0.29, 0.717) is 6.61 Å². The Bertz CT molecular complexity index is 636. The van der Waals surface area contributed by atoms with E-state index in [-0.39, 0.29) is 5.78 Å². The van der Waals surface area contributed by atoms with Gasteiger partial charge in [0.1, 0.15) is 0 Å². The Morgan fingerprint density at radius 1 is 1.18 bits per heavy atom. The summed E-state index contributed by atoms with van der Waals surface area (Å²) in [6.45, 7) is 0.654. The lowest BCUT2D eigenvalue weighted by molar-refractivity contribution is 0.0408. The number of hydrogen-bond donors (Lipinski definition) is 0. The zero-order valence-corrected chi connectivity index (χ0v) is 9.92. The first kappa shape index (κ1) is 9.68. The molecule has 1 aliphatic carbocycles. The number of benzene rings is 2. The highest BCUT2D eigenvalue weighted by Gasteiger charge is 2.51. The van der Waals surface area contributed by atoms with Crippen LogP contribution in [0.5, 0.6) is 0 Å². The van der Waals surface area contributed by atoms with Gasteiger partial charge in [0.05, 0.1) is 6.61 Å². The van der Waals surface area contributed by atoms with Crippen LogP contribution in [0.15, 0.2) is 36.4 Å². The third-order valence-corrected chi connectivity index (χ3v) is 4.80. The molecule has 1 fully saturated rings. The summed E-state index contributed by atoms with van der Waals surface area (Å²) < 4.78 is 5.80. The highest BCUT2D eigenvalue weighted by Crippen LogP contribution is 2.52. The van der Waals surface area contributed by atoms with Crippen LogP contribution in [0.4, 0.5) is 0 Å². The van der Waals surface area contributed by atoms with Crippen molar-refractivity contribution in [3.63, 3.8) is 0 Å². The number of ether oxygens (including phenoxy) is 1. The van der Waals surface area contributed by atoms with E-state index in [1.165, 1.54) is 0 Å². The number of rotatable bonds is 0. The quantitative estimate of drug-likeness (QED) is 0.710. The molecule has 2 aromatic carbocycles. The van der Waals surface area contributed by atoms with Gasteiger partial charge in [-0.05, 0) is 5.39 Å². The van der Waals surface area contributed by atoms with Crippen LogP contribution in [0.3, 0.4) is 0 Å². The van der Waals surface area contributed by atoms with Crippen molar-refractivity contribution in [3.8, 4) is 0 Å². The van der Waals surface area contributed by atoms with Crippen LogP contribution in [-0.4, -0.2) is 18.1 Å². The molecule has 0 bridgehead atoms. The van der Waals surface area contributed by atoms with Gasteiger partial charge in [-0.2, -0.15) is 0 Å². The van der Waals surface area contributed by atoms with Gasteiger partial charge in [-0.1, -0.05) is 36.4 Å². The molecular weight excluding hydrogens is 232 g/mol. The van der Waals surface area contributed by atoms with Crippen LogP contribution in [0.2, 0.25) is 0 Å². The van der Waals surface area contributed by atoms with Crippen molar-refractivity contribution in [1.82, 2.24) is 0 Å². The van der Waals surface area contributed by atoms with E-state index < -0.39 is 4.93 Å². The van der Waals surface area contributed by atoms with E-state index in [4.69, 9.17) is 4.74 Å². The molecule has 0 N–H and O–H groups in total. The van der Waals surface area contributed by atoms with Crippen LogP contribution < -0.4 is 0 Å². The Kier molecular flexibility index (Phi) is 1.78. The largest absolute Gasteiger partial charge is 0.352 e. The minimum atomic E-state index is -0.747. The van der Waals surface area contributed by atoms with Gasteiger partial charge in [0.2, 0.25) is 10.7 Å². The Balaban J connectivity index is 2.15. The summed E-state index contributed by atoms with van der Waals surface area (Å²) >= 11 is 1.62. The van der Waals surface area contributed by atoms with Crippen LogP contribution in [0, 0.1) is 0 Å². The van der Waals surface area contributed by atoms with Gasteiger partial charge in [-0.3, -0.25) is 4.79 Å². The van der Waals surface area contributed by atoms with Crippen molar-refractivity contribution in [1.29, 1.82) is 0 Å². The van der Waals surface area contributed by atoms with Gasteiger partial charge in [0, 0.05) is 22.3 Å². The molecule has 0 radical (unpaired) electrons. The molecule has 0 saturated carbocycles. The Morgan fingerprint density at radius 3 is 2.76 bits per heavy atom. The summed E-state index contributed by atoms with van der Waals surface area (Å²) in [4.78, 5) is 11.8. The molecule has 1 spiro atoms. The molecule has 17 heavy (non-hydrogen) atoms. The second kappa shape index (κ2) is 3.12. The third-order valence-electron chi connectivity index (χ3n) is 3.50. The highest BCUT2D eigenvalue weighted by atomic mass is 32.2. The summed E-state index contributed by atoms with van der Waals surface area (Å²) in [7, 11) is 0. The second-order valence-electron chi connectivity index (χ2n) is 4.35. The number of thioether (sulfide) groups is 1. The predicted molar refractivity (Wildman–Crippen MR) is 68.4 cm³/mol. The fourth-order valence-electron chi connectivity index (χ4n) is 2.80. The molecule has 2 aromatic rings. The van der Waals surface area contributed by atoms with Crippen molar-refractivity contribution < 1.29 is 9.53 Å². The van der Waals surface area contributed by atoms with E-state index in [9.17, 15) is 4.79 Å². The summed E-state index contributed by atoms with van der Waals surface area (Å²) in [5.41, 5.74) is 1.85. The van der Waals surface area contributed by atoms with Crippen LogP contribution in [0.25, 0.3) is 10.8 Å². The van der Waals surface area contributed by atoms with E-state index in [1.54, 1.807) is 11.8 Å². The minimum Gasteiger partial charge on any atom is -0.352 e. The van der Waals surface area contributed by atoms with Crippen LogP contribution >= 0.6 is 11.8 Å². The van der Waals surface area contributed by atoms with Crippen LogP contribution in [0.1, 0.15) is 15.9 Å². The number of ketones is 1. The zero-order chi connectivity index (χ0) is 11.5. The lowest BCUT2D eigenvalue weighted by Gasteiger charge is -2.20. The third kappa shape index (κ3) is 1.04. The van der Waals surface area contributed by atoms with Gasteiger partial charge < -0.3 is 4.74 Å². The Labute approximate surface area is 103 Å². The van der Waals surface area contributed by atoms with Crippen molar-refractivity contribution in [3.05, 3.63) is 47.5 Å². The maximum atomic E-state index is 12.6. The van der Waals surface area contributed by atoms with Gasteiger partial charge in [-0.25, -0.2) is 0 Å². The molecule has 3 heteroatoms. The predicted octanol–water partition coefficient (Wildman–Crippen LogP) is 2.95. The zero-order valence-electron chi connectivity index (χ0n) is 9.10. The SMILES string of the molecule is O=C1c2cccc3cccc(c23)[C@]12OCCS2. The molecule has 84 valence electrons. The number of carbonyl (C=O) groups is 1. The molecule has 0 amide bonds. The lowest BCUT2D eigenvalue weighted by Crippen LogP contribution is -2.27. The Hall–Kier alpha value is -1.32. The normalized spacial score (nSPS) is 26.2. The highest BCUT2D eigenvalue weighted by molar-refractivity contribution is 8.01.